The molecule has 1 N–H and O–H groups in total. The smallest absolute Gasteiger partial charge is 0.120 e. The number of hydrogen-bond acceptors (Lipinski definition) is 2. The summed E-state index contributed by atoms with van der Waals surface area (Å²) in [6, 6.07) is 0. The molecule has 94 valence electrons. The van der Waals surface area contributed by atoms with Crippen LogP contribution in [0.25, 0.3) is 0 Å². The first kappa shape index (κ1) is 13.4. The Kier molecular flexibility index (Phi) is 5.21. The highest BCUT2D eigenvalue weighted by Gasteiger charge is 2.31. The van der Waals surface area contributed by atoms with E-state index < -0.39 is 5.47 Å². The van der Waals surface area contributed by atoms with E-state index in [1.807, 2.05) is 11.4 Å². The Morgan fingerprint density at radius 2 is 1.38 bits per heavy atom. The van der Waals surface area contributed by atoms with Gasteiger partial charge in [0, 0.05) is 10.9 Å². The molecule has 0 aromatic rings. The summed E-state index contributed by atoms with van der Waals surface area (Å²) in [6.07, 6.45) is 12.9. The number of hydrogen-bond donors (Lipinski definition) is 1. The van der Waals surface area contributed by atoms with Crippen LogP contribution in [0.15, 0.2) is 0 Å². The summed E-state index contributed by atoms with van der Waals surface area (Å²) in [4.78, 5) is 10.6. The molecule has 2 aliphatic carbocycles. The van der Waals surface area contributed by atoms with E-state index in [2.05, 4.69) is 0 Å². The van der Waals surface area contributed by atoms with Gasteiger partial charge in [0.1, 0.15) is 5.47 Å². The van der Waals surface area contributed by atoms with Crippen LogP contribution in [0.1, 0.15) is 64.2 Å². The highest BCUT2D eigenvalue weighted by Crippen LogP contribution is 2.65. The Morgan fingerprint density at radius 3 is 1.94 bits per heavy atom. The lowest BCUT2D eigenvalue weighted by Crippen LogP contribution is -2.14. The SMILES string of the molecule is OP(=S)(SC1CCCCC1)C1CCCCC1. The van der Waals surface area contributed by atoms with Gasteiger partial charge in [-0.15, -0.1) is 0 Å². The summed E-state index contributed by atoms with van der Waals surface area (Å²) in [7, 11) is 0. The summed E-state index contributed by atoms with van der Waals surface area (Å²) in [5.74, 6) is 0. The highest BCUT2D eigenvalue weighted by atomic mass is 32.9. The van der Waals surface area contributed by atoms with Gasteiger partial charge in [-0.1, -0.05) is 61.7 Å². The maximum atomic E-state index is 10.6. The second-order valence-electron chi connectivity index (χ2n) is 5.22. The van der Waals surface area contributed by atoms with Crippen LogP contribution in [0.3, 0.4) is 0 Å². The van der Waals surface area contributed by atoms with Gasteiger partial charge in [0.25, 0.3) is 0 Å². The fourth-order valence-electron chi connectivity index (χ4n) is 2.88. The van der Waals surface area contributed by atoms with Crippen LogP contribution in [0, 0.1) is 0 Å². The third-order valence-electron chi connectivity index (χ3n) is 3.89. The van der Waals surface area contributed by atoms with Crippen molar-refractivity contribution in [1.29, 1.82) is 0 Å². The zero-order valence-corrected chi connectivity index (χ0v) is 12.5. The summed E-state index contributed by atoms with van der Waals surface area (Å²) in [6.45, 7) is 0. The molecule has 0 radical (unpaired) electrons. The minimum absolute atomic E-state index is 0.475. The maximum absolute atomic E-state index is 10.6. The first-order valence-corrected chi connectivity index (χ1v) is 11.0. The van der Waals surface area contributed by atoms with E-state index in [4.69, 9.17) is 11.8 Å². The lowest BCUT2D eigenvalue weighted by atomic mass is 10.0. The zero-order chi connectivity index (χ0) is 11.4. The van der Waals surface area contributed by atoms with Crippen LogP contribution in [0.5, 0.6) is 0 Å². The van der Waals surface area contributed by atoms with Gasteiger partial charge in [0.05, 0.1) is 0 Å². The Balaban J connectivity index is 1.87. The van der Waals surface area contributed by atoms with Crippen molar-refractivity contribution in [3.05, 3.63) is 0 Å². The predicted molar refractivity (Wildman–Crippen MR) is 77.8 cm³/mol. The normalized spacial score (nSPS) is 28.8. The molecule has 2 aliphatic rings. The van der Waals surface area contributed by atoms with Gasteiger partial charge in [-0.05, 0) is 25.7 Å². The maximum Gasteiger partial charge on any atom is 0.120 e. The molecule has 2 rings (SSSR count). The van der Waals surface area contributed by atoms with Crippen LogP contribution in [-0.4, -0.2) is 15.8 Å². The highest BCUT2D eigenvalue weighted by molar-refractivity contribution is 8.69. The molecule has 2 saturated carbocycles. The molecule has 0 aromatic carbocycles. The lowest BCUT2D eigenvalue weighted by molar-refractivity contribution is 0.488. The summed E-state index contributed by atoms with van der Waals surface area (Å²) < 4.78 is 0. The Labute approximate surface area is 109 Å². The summed E-state index contributed by atoms with van der Waals surface area (Å²) in [5, 5.41) is 0.673. The molecule has 0 amide bonds. The molecule has 4 heteroatoms. The van der Waals surface area contributed by atoms with Crippen LogP contribution in [0.4, 0.5) is 0 Å². The van der Waals surface area contributed by atoms with Crippen LogP contribution >= 0.6 is 16.8 Å². The van der Waals surface area contributed by atoms with E-state index in [-0.39, 0.29) is 0 Å². The minimum atomic E-state index is -2.09. The van der Waals surface area contributed by atoms with Gasteiger partial charge in [-0.3, -0.25) is 0 Å². The standard InChI is InChI=1S/C12H23OPS2/c13-14(15,11-7-3-1-4-8-11)16-12-9-5-2-6-10-12/h11-12H,1-10H2,(H,13,15). The first-order chi connectivity index (χ1) is 7.68. The van der Waals surface area contributed by atoms with Crippen molar-refractivity contribution in [2.24, 2.45) is 0 Å². The largest absolute Gasteiger partial charge is 0.357 e. The third kappa shape index (κ3) is 3.73. The Hall–Kier alpha value is 0.960. The van der Waals surface area contributed by atoms with Crippen LogP contribution < -0.4 is 0 Å². The molecule has 0 spiro atoms. The summed E-state index contributed by atoms with van der Waals surface area (Å²) >= 11 is 7.38. The lowest BCUT2D eigenvalue weighted by Gasteiger charge is -2.32. The van der Waals surface area contributed by atoms with Crippen molar-refractivity contribution in [1.82, 2.24) is 0 Å². The van der Waals surface area contributed by atoms with Gasteiger partial charge in [0.15, 0.2) is 0 Å². The molecule has 0 heterocycles. The van der Waals surface area contributed by atoms with Gasteiger partial charge in [-0.25, -0.2) is 0 Å². The van der Waals surface area contributed by atoms with Crippen molar-refractivity contribution in [2.45, 2.75) is 75.1 Å². The van der Waals surface area contributed by atoms with E-state index in [0.29, 0.717) is 10.9 Å². The molecule has 2 fully saturated rings. The molecule has 1 unspecified atom stereocenters. The van der Waals surface area contributed by atoms with E-state index in [1.54, 1.807) is 0 Å². The summed E-state index contributed by atoms with van der Waals surface area (Å²) in [5.41, 5.74) is -1.61. The monoisotopic (exact) mass is 278 g/mol. The quantitative estimate of drug-likeness (QED) is 0.756. The minimum Gasteiger partial charge on any atom is -0.357 e. The molecule has 0 aromatic heterocycles. The molecule has 0 aliphatic heterocycles. The second kappa shape index (κ2) is 6.22. The molecular weight excluding hydrogens is 255 g/mol. The van der Waals surface area contributed by atoms with Crippen molar-refractivity contribution in [2.75, 3.05) is 0 Å². The first-order valence-electron chi connectivity index (χ1n) is 6.69. The third-order valence-corrected chi connectivity index (χ3v) is 10.8. The number of rotatable bonds is 3. The average Bonchev–Trinajstić information content (AvgIpc) is 2.31. The van der Waals surface area contributed by atoms with Crippen molar-refractivity contribution in [3.8, 4) is 0 Å². The zero-order valence-electron chi connectivity index (χ0n) is 9.94. The van der Waals surface area contributed by atoms with E-state index in [1.165, 1.54) is 64.2 Å². The average molecular weight is 278 g/mol. The topological polar surface area (TPSA) is 20.2 Å². The van der Waals surface area contributed by atoms with Crippen molar-refractivity contribution >= 4 is 28.7 Å². The van der Waals surface area contributed by atoms with E-state index in [9.17, 15) is 4.89 Å². The van der Waals surface area contributed by atoms with Crippen molar-refractivity contribution < 1.29 is 4.89 Å². The van der Waals surface area contributed by atoms with Crippen LogP contribution in [0.2, 0.25) is 0 Å². The Bertz CT molecular complexity index is 258. The molecular formula is C12H23OPS2. The Morgan fingerprint density at radius 1 is 0.875 bits per heavy atom. The fourth-order valence-corrected chi connectivity index (χ4v) is 9.83. The van der Waals surface area contributed by atoms with Gasteiger partial charge in [-0.2, -0.15) is 0 Å². The van der Waals surface area contributed by atoms with Gasteiger partial charge >= 0.3 is 0 Å². The van der Waals surface area contributed by atoms with Gasteiger partial charge in [0.2, 0.25) is 0 Å². The van der Waals surface area contributed by atoms with Gasteiger partial charge < -0.3 is 4.89 Å². The predicted octanol–water partition coefficient (Wildman–Crippen LogP) is 4.69. The molecule has 0 saturated heterocycles. The van der Waals surface area contributed by atoms with E-state index >= 15 is 0 Å². The molecule has 0 bridgehead atoms. The second-order valence-corrected chi connectivity index (χ2v) is 12.6. The molecule has 1 atom stereocenters. The van der Waals surface area contributed by atoms with Crippen molar-refractivity contribution in [3.63, 3.8) is 0 Å². The molecule has 16 heavy (non-hydrogen) atoms. The fraction of sp³-hybridized carbons (Fsp3) is 1.00. The van der Waals surface area contributed by atoms with Crippen LogP contribution in [-0.2, 0) is 11.8 Å². The van der Waals surface area contributed by atoms with E-state index in [0.717, 1.165) is 0 Å². The molecule has 1 nitrogen and oxygen atoms in total.